The van der Waals surface area contributed by atoms with Gasteiger partial charge in [-0.3, -0.25) is 4.79 Å². The maximum atomic E-state index is 12.9. The van der Waals surface area contributed by atoms with Gasteiger partial charge >= 0.3 is 0 Å². The van der Waals surface area contributed by atoms with Crippen molar-refractivity contribution in [1.29, 1.82) is 0 Å². The van der Waals surface area contributed by atoms with Crippen molar-refractivity contribution in [2.24, 2.45) is 0 Å². The molecule has 2 aromatic carbocycles. The number of carbonyl (C=O) groups is 1. The molecule has 0 aromatic heterocycles. The normalized spacial score (nSPS) is 15.1. The predicted molar refractivity (Wildman–Crippen MR) is 98.7 cm³/mol. The standard InChI is InChI=1S/C19H22N2OS/c1-14(23-13-15-7-3-2-4-8-15)19(22)21-12-6-9-16-17(20)10-5-11-18(16)21/h2-5,7-8,10-11,14H,6,9,12-13,20H2,1H3. The van der Waals surface area contributed by atoms with Gasteiger partial charge in [-0.1, -0.05) is 36.4 Å². The Morgan fingerprint density at radius 3 is 2.78 bits per heavy atom. The largest absolute Gasteiger partial charge is 0.398 e. The quantitative estimate of drug-likeness (QED) is 0.868. The van der Waals surface area contributed by atoms with Crippen molar-refractivity contribution in [2.75, 3.05) is 17.2 Å². The Labute approximate surface area is 141 Å². The first-order valence-electron chi connectivity index (χ1n) is 8.01. The molecule has 23 heavy (non-hydrogen) atoms. The highest BCUT2D eigenvalue weighted by Gasteiger charge is 2.27. The molecule has 0 bridgehead atoms. The minimum absolute atomic E-state index is 0.0670. The summed E-state index contributed by atoms with van der Waals surface area (Å²) in [5.74, 6) is 1.03. The van der Waals surface area contributed by atoms with Crippen LogP contribution in [0, 0.1) is 0 Å². The summed E-state index contributed by atoms with van der Waals surface area (Å²) in [5, 5.41) is -0.0670. The first kappa shape index (κ1) is 15.9. The zero-order chi connectivity index (χ0) is 16.2. The maximum Gasteiger partial charge on any atom is 0.239 e. The summed E-state index contributed by atoms with van der Waals surface area (Å²) in [6.07, 6.45) is 1.93. The summed E-state index contributed by atoms with van der Waals surface area (Å²) in [4.78, 5) is 14.8. The van der Waals surface area contributed by atoms with E-state index >= 15 is 0 Å². The number of benzene rings is 2. The Hall–Kier alpha value is -1.94. The molecule has 120 valence electrons. The van der Waals surface area contributed by atoms with Gasteiger partial charge in [0, 0.05) is 23.7 Å². The number of nitrogen functional groups attached to an aromatic ring is 1. The molecule has 1 unspecified atom stereocenters. The average molecular weight is 326 g/mol. The monoisotopic (exact) mass is 326 g/mol. The predicted octanol–water partition coefficient (Wildman–Crippen LogP) is 3.87. The van der Waals surface area contributed by atoms with Gasteiger partial charge in [0.1, 0.15) is 0 Å². The molecule has 0 aliphatic carbocycles. The van der Waals surface area contributed by atoms with E-state index in [9.17, 15) is 4.79 Å². The van der Waals surface area contributed by atoms with E-state index in [1.165, 1.54) is 5.56 Å². The van der Waals surface area contributed by atoms with Crippen molar-refractivity contribution in [1.82, 2.24) is 0 Å². The van der Waals surface area contributed by atoms with E-state index in [1.807, 2.05) is 48.2 Å². The second kappa shape index (κ2) is 7.09. The smallest absolute Gasteiger partial charge is 0.239 e. The number of rotatable bonds is 4. The number of anilines is 2. The van der Waals surface area contributed by atoms with Gasteiger partial charge in [0.15, 0.2) is 0 Å². The maximum absolute atomic E-state index is 12.9. The van der Waals surface area contributed by atoms with Gasteiger partial charge in [0.05, 0.1) is 5.25 Å². The van der Waals surface area contributed by atoms with Crippen molar-refractivity contribution in [3.05, 3.63) is 59.7 Å². The van der Waals surface area contributed by atoms with E-state index in [1.54, 1.807) is 11.8 Å². The van der Waals surface area contributed by atoms with Gasteiger partial charge < -0.3 is 10.6 Å². The van der Waals surface area contributed by atoms with Crippen LogP contribution in [0.5, 0.6) is 0 Å². The zero-order valence-electron chi connectivity index (χ0n) is 13.4. The minimum Gasteiger partial charge on any atom is -0.398 e. The SMILES string of the molecule is CC(SCc1ccccc1)C(=O)N1CCCc2c(N)cccc21. The third-order valence-electron chi connectivity index (χ3n) is 4.24. The van der Waals surface area contributed by atoms with E-state index in [2.05, 4.69) is 12.1 Å². The van der Waals surface area contributed by atoms with Crippen LogP contribution in [0.3, 0.4) is 0 Å². The molecule has 0 saturated carbocycles. The average Bonchev–Trinajstić information content (AvgIpc) is 2.60. The van der Waals surface area contributed by atoms with Crippen LogP contribution in [0.15, 0.2) is 48.5 Å². The van der Waals surface area contributed by atoms with Gasteiger partial charge in [0.2, 0.25) is 5.91 Å². The third kappa shape index (κ3) is 3.53. The molecular weight excluding hydrogens is 304 g/mol. The van der Waals surface area contributed by atoms with Gasteiger partial charge in [-0.05, 0) is 43.0 Å². The number of nitrogens with two attached hydrogens (primary N) is 1. The lowest BCUT2D eigenvalue weighted by Gasteiger charge is -2.32. The van der Waals surface area contributed by atoms with Gasteiger partial charge in [-0.25, -0.2) is 0 Å². The van der Waals surface area contributed by atoms with Crippen molar-refractivity contribution in [2.45, 2.75) is 30.8 Å². The Morgan fingerprint density at radius 1 is 1.22 bits per heavy atom. The van der Waals surface area contributed by atoms with Crippen LogP contribution in [-0.2, 0) is 17.0 Å². The summed E-state index contributed by atoms with van der Waals surface area (Å²) in [5.41, 5.74) is 10.2. The highest BCUT2D eigenvalue weighted by molar-refractivity contribution is 7.99. The first-order valence-corrected chi connectivity index (χ1v) is 9.06. The van der Waals surface area contributed by atoms with Gasteiger partial charge in [-0.15, -0.1) is 11.8 Å². The number of hydrogen-bond acceptors (Lipinski definition) is 3. The lowest BCUT2D eigenvalue weighted by atomic mass is 9.99. The Balaban J connectivity index is 1.70. The molecule has 2 N–H and O–H groups in total. The number of nitrogens with zero attached hydrogens (tertiary/aromatic N) is 1. The van der Waals surface area contributed by atoms with Crippen LogP contribution in [-0.4, -0.2) is 17.7 Å². The summed E-state index contributed by atoms with van der Waals surface area (Å²) in [6.45, 7) is 2.78. The van der Waals surface area contributed by atoms with E-state index in [4.69, 9.17) is 5.73 Å². The molecular formula is C19H22N2OS. The summed E-state index contributed by atoms with van der Waals surface area (Å²) < 4.78 is 0. The Bertz CT molecular complexity index is 687. The van der Waals surface area contributed by atoms with Crippen molar-refractivity contribution >= 4 is 29.0 Å². The molecule has 0 saturated heterocycles. The number of amides is 1. The fourth-order valence-corrected chi connectivity index (χ4v) is 3.87. The summed E-state index contributed by atoms with van der Waals surface area (Å²) in [7, 11) is 0. The van der Waals surface area contributed by atoms with E-state index in [0.29, 0.717) is 0 Å². The molecule has 1 heterocycles. The highest BCUT2D eigenvalue weighted by Crippen LogP contribution is 2.33. The topological polar surface area (TPSA) is 46.3 Å². The van der Waals surface area contributed by atoms with Crippen molar-refractivity contribution < 1.29 is 4.79 Å². The molecule has 1 aliphatic rings. The molecule has 1 amide bonds. The molecule has 1 atom stereocenters. The van der Waals surface area contributed by atoms with Crippen LogP contribution < -0.4 is 10.6 Å². The fourth-order valence-electron chi connectivity index (χ4n) is 2.97. The number of carbonyl (C=O) groups excluding carboxylic acids is 1. The zero-order valence-corrected chi connectivity index (χ0v) is 14.2. The Morgan fingerprint density at radius 2 is 2.00 bits per heavy atom. The fraction of sp³-hybridized carbons (Fsp3) is 0.316. The minimum atomic E-state index is -0.0670. The van der Waals surface area contributed by atoms with Gasteiger partial charge in [-0.2, -0.15) is 0 Å². The van der Waals surface area contributed by atoms with Crippen LogP contribution >= 0.6 is 11.8 Å². The third-order valence-corrected chi connectivity index (χ3v) is 5.45. The highest BCUT2D eigenvalue weighted by atomic mass is 32.2. The molecule has 3 nitrogen and oxygen atoms in total. The van der Waals surface area contributed by atoms with Crippen molar-refractivity contribution in [3.63, 3.8) is 0 Å². The van der Waals surface area contributed by atoms with E-state index in [-0.39, 0.29) is 11.2 Å². The molecule has 0 radical (unpaired) electrons. The van der Waals surface area contributed by atoms with E-state index in [0.717, 1.165) is 42.1 Å². The number of fused-ring (bicyclic) bond motifs is 1. The van der Waals surface area contributed by atoms with E-state index < -0.39 is 0 Å². The van der Waals surface area contributed by atoms with Crippen LogP contribution in [0.1, 0.15) is 24.5 Å². The van der Waals surface area contributed by atoms with Crippen molar-refractivity contribution in [3.8, 4) is 0 Å². The number of hydrogen-bond donors (Lipinski definition) is 1. The molecule has 1 aliphatic heterocycles. The lowest BCUT2D eigenvalue weighted by molar-refractivity contribution is -0.117. The summed E-state index contributed by atoms with van der Waals surface area (Å²) >= 11 is 1.69. The molecule has 4 heteroatoms. The second-order valence-electron chi connectivity index (χ2n) is 5.88. The lowest BCUT2D eigenvalue weighted by Crippen LogP contribution is -2.40. The van der Waals surface area contributed by atoms with Gasteiger partial charge in [0.25, 0.3) is 0 Å². The number of thioether (sulfide) groups is 1. The first-order chi connectivity index (χ1) is 11.2. The molecule has 0 fully saturated rings. The Kier molecular flexibility index (Phi) is 4.91. The van der Waals surface area contributed by atoms with Crippen LogP contribution in [0.4, 0.5) is 11.4 Å². The van der Waals surface area contributed by atoms with Crippen LogP contribution in [0.2, 0.25) is 0 Å². The van der Waals surface area contributed by atoms with Crippen LogP contribution in [0.25, 0.3) is 0 Å². The summed E-state index contributed by atoms with van der Waals surface area (Å²) in [6, 6.07) is 16.1. The molecule has 3 rings (SSSR count). The second-order valence-corrected chi connectivity index (χ2v) is 7.21. The molecule has 0 spiro atoms. The molecule has 2 aromatic rings.